The number of amides is 2. The summed E-state index contributed by atoms with van der Waals surface area (Å²) >= 11 is 6.00. The highest BCUT2D eigenvalue weighted by atomic mass is 35.5. The van der Waals surface area contributed by atoms with Gasteiger partial charge < -0.3 is 20.1 Å². The smallest absolute Gasteiger partial charge is 0.262 e. The van der Waals surface area contributed by atoms with Crippen LogP contribution in [0, 0.1) is 11.3 Å². The zero-order chi connectivity index (χ0) is 19.1. The lowest BCUT2D eigenvalue weighted by atomic mass is 10.2. The Morgan fingerprint density at radius 1 is 1.15 bits per heavy atom. The lowest BCUT2D eigenvalue weighted by Crippen LogP contribution is -2.20. The van der Waals surface area contributed by atoms with Crippen LogP contribution in [0.2, 0.25) is 5.02 Å². The topological polar surface area (TPSA) is 100 Å². The number of anilines is 2. The summed E-state index contributed by atoms with van der Waals surface area (Å²) < 4.78 is 10.6. The number of carbonyl (C=O) groups is 2. The Hall–Kier alpha value is -3.24. The highest BCUT2D eigenvalue weighted by Crippen LogP contribution is 2.28. The van der Waals surface area contributed by atoms with E-state index in [2.05, 4.69) is 10.6 Å². The van der Waals surface area contributed by atoms with Crippen molar-refractivity contribution in [1.29, 1.82) is 5.26 Å². The molecule has 0 radical (unpaired) electrons. The number of benzene rings is 2. The molecule has 2 aromatic carbocycles. The summed E-state index contributed by atoms with van der Waals surface area (Å²) in [6.45, 7) is 1.09. The number of methoxy groups -OCH3 is 1. The van der Waals surface area contributed by atoms with Crippen LogP contribution in [0.5, 0.6) is 11.5 Å². The zero-order valence-electron chi connectivity index (χ0n) is 14.1. The van der Waals surface area contributed by atoms with Crippen LogP contribution >= 0.6 is 11.6 Å². The lowest BCUT2D eigenvalue weighted by Gasteiger charge is -2.13. The molecule has 0 atom stereocenters. The van der Waals surface area contributed by atoms with Gasteiger partial charge in [0.1, 0.15) is 11.5 Å². The fourth-order valence-electron chi connectivity index (χ4n) is 2.10. The Balaban J connectivity index is 2.05. The number of hydrogen-bond donors (Lipinski definition) is 2. The van der Waals surface area contributed by atoms with Gasteiger partial charge >= 0.3 is 0 Å². The van der Waals surface area contributed by atoms with Crippen molar-refractivity contribution < 1.29 is 19.1 Å². The van der Waals surface area contributed by atoms with Gasteiger partial charge in [-0.15, -0.1) is 0 Å². The highest BCUT2D eigenvalue weighted by Gasteiger charge is 2.11. The van der Waals surface area contributed by atoms with E-state index in [-0.39, 0.29) is 17.5 Å². The Kier molecular flexibility index (Phi) is 6.42. The molecule has 0 spiro atoms. The normalized spacial score (nSPS) is 9.77. The van der Waals surface area contributed by atoms with Crippen LogP contribution in [-0.2, 0) is 9.59 Å². The number of halogens is 1. The van der Waals surface area contributed by atoms with Gasteiger partial charge in [-0.05, 0) is 36.4 Å². The minimum atomic E-state index is -0.441. The van der Waals surface area contributed by atoms with Crippen molar-refractivity contribution in [3.05, 3.63) is 47.0 Å². The summed E-state index contributed by atoms with van der Waals surface area (Å²) in [5.41, 5.74) is 1.30. The van der Waals surface area contributed by atoms with Gasteiger partial charge in [0.05, 0.1) is 29.5 Å². The highest BCUT2D eigenvalue weighted by molar-refractivity contribution is 6.32. The minimum absolute atomic E-state index is 0.230. The van der Waals surface area contributed by atoms with Gasteiger partial charge in [-0.3, -0.25) is 9.59 Å². The molecular formula is C18H16ClN3O4. The molecule has 0 aliphatic carbocycles. The molecule has 0 saturated carbocycles. The molecular weight excluding hydrogens is 358 g/mol. The SMILES string of the molecule is COc1ccc(NC(C)=O)cc1NC(=O)COc1ccc(C#N)cc1Cl. The van der Waals surface area contributed by atoms with E-state index < -0.39 is 5.91 Å². The van der Waals surface area contributed by atoms with Crippen LogP contribution in [0.25, 0.3) is 0 Å². The molecule has 0 fully saturated rings. The molecule has 0 saturated heterocycles. The predicted molar refractivity (Wildman–Crippen MR) is 97.6 cm³/mol. The van der Waals surface area contributed by atoms with Crippen LogP contribution in [0.1, 0.15) is 12.5 Å². The molecule has 0 unspecified atom stereocenters. The van der Waals surface area contributed by atoms with Crippen molar-refractivity contribution in [2.75, 3.05) is 24.4 Å². The van der Waals surface area contributed by atoms with Crippen LogP contribution in [-0.4, -0.2) is 25.5 Å². The average Bonchev–Trinajstić information content (AvgIpc) is 2.60. The fourth-order valence-corrected chi connectivity index (χ4v) is 2.34. The van der Waals surface area contributed by atoms with E-state index in [0.717, 1.165) is 0 Å². The third-order valence-corrected chi connectivity index (χ3v) is 3.51. The second-order valence-corrected chi connectivity index (χ2v) is 5.60. The largest absolute Gasteiger partial charge is 0.495 e. The van der Waals surface area contributed by atoms with E-state index >= 15 is 0 Å². The second-order valence-electron chi connectivity index (χ2n) is 5.19. The number of hydrogen-bond acceptors (Lipinski definition) is 5. The summed E-state index contributed by atoms with van der Waals surface area (Å²) in [5.74, 6) is 0.0542. The zero-order valence-corrected chi connectivity index (χ0v) is 14.9. The summed E-state index contributed by atoms with van der Waals surface area (Å²) in [4.78, 5) is 23.3. The van der Waals surface area contributed by atoms with Crippen LogP contribution in [0.4, 0.5) is 11.4 Å². The predicted octanol–water partition coefficient (Wildman–Crippen LogP) is 3.20. The van der Waals surface area contributed by atoms with Crippen molar-refractivity contribution in [2.45, 2.75) is 6.92 Å². The quantitative estimate of drug-likeness (QED) is 0.809. The molecule has 7 nitrogen and oxygen atoms in total. The number of nitrogens with one attached hydrogen (secondary N) is 2. The minimum Gasteiger partial charge on any atom is -0.495 e. The number of nitrogens with zero attached hydrogens (tertiary/aromatic N) is 1. The van der Waals surface area contributed by atoms with Crippen molar-refractivity contribution in [1.82, 2.24) is 0 Å². The van der Waals surface area contributed by atoms with Crippen molar-refractivity contribution in [2.24, 2.45) is 0 Å². The fraction of sp³-hybridized carbons (Fsp3) is 0.167. The molecule has 0 heterocycles. The van der Waals surface area contributed by atoms with Gasteiger partial charge in [0.15, 0.2) is 6.61 Å². The lowest BCUT2D eigenvalue weighted by molar-refractivity contribution is -0.118. The Bertz CT molecular complexity index is 877. The van der Waals surface area contributed by atoms with E-state index in [0.29, 0.717) is 28.4 Å². The standard InChI is InChI=1S/C18H16ClN3O4/c1-11(23)21-13-4-6-17(25-2)15(8-13)22-18(24)10-26-16-5-3-12(9-20)7-14(16)19/h3-8H,10H2,1-2H3,(H,21,23)(H,22,24). The second kappa shape index (κ2) is 8.74. The number of nitriles is 1. The molecule has 26 heavy (non-hydrogen) atoms. The first-order valence-corrected chi connectivity index (χ1v) is 7.88. The molecule has 2 aromatic rings. The first-order chi connectivity index (χ1) is 12.4. The van der Waals surface area contributed by atoms with Crippen molar-refractivity contribution >= 4 is 34.8 Å². The summed E-state index contributed by atoms with van der Waals surface area (Å²) in [7, 11) is 1.47. The van der Waals surface area contributed by atoms with Gasteiger partial charge in [-0.25, -0.2) is 0 Å². The van der Waals surface area contributed by atoms with Gasteiger partial charge in [0.25, 0.3) is 5.91 Å². The molecule has 8 heteroatoms. The van der Waals surface area contributed by atoms with Crippen molar-refractivity contribution in [3.63, 3.8) is 0 Å². The third kappa shape index (κ3) is 5.13. The molecule has 0 aromatic heterocycles. The van der Waals surface area contributed by atoms with Gasteiger partial charge in [0, 0.05) is 12.6 Å². The summed E-state index contributed by atoms with van der Waals surface area (Å²) in [6, 6.07) is 11.3. The van der Waals surface area contributed by atoms with Gasteiger partial charge in [-0.2, -0.15) is 5.26 Å². The summed E-state index contributed by atoms with van der Waals surface area (Å²) in [5, 5.41) is 14.3. The van der Waals surface area contributed by atoms with Gasteiger partial charge in [0.2, 0.25) is 5.91 Å². The molecule has 2 rings (SSSR count). The number of rotatable bonds is 6. The van der Waals surface area contributed by atoms with E-state index in [9.17, 15) is 9.59 Å². The molecule has 2 N–H and O–H groups in total. The number of ether oxygens (including phenoxy) is 2. The van der Waals surface area contributed by atoms with E-state index in [1.807, 2.05) is 6.07 Å². The van der Waals surface area contributed by atoms with E-state index in [1.54, 1.807) is 24.3 Å². The van der Waals surface area contributed by atoms with Crippen LogP contribution in [0.15, 0.2) is 36.4 Å². The average molecular weight is 374 g/mol. The van der Waals surface area contributed by atoms with E-state index in [4.69, 9.17) is 26.3 Å². The van der Waals surface area contributed by atoms with Crippen LogP contribution in [0.3, 0.4) is 0 Å². The third-order valence-electron chi connectivity index (χ3n) is 3.21. The molecule has 2 amide bonds. The monoisotopic (exact) mass is 373 g/mol. The Labute approximate surface area is 155 Å². The van der Waals surface area contributed by atoms with Crippen molar-refractivity contribution in [3.8, 4) is 17.6 Å². The first kappa shape index (κ1) is 19.1. The Morgan fingerprint density at radius 2 is 1.88 bits per heavy atom. The maximum absolute atomic E-state index is 12.1. The molecule has 0 aliphatic heterocycles. The maximum Gasteiger partial charge on any atom is 0.262 e. The molecule has 134 valence electrons. The molecule has 0 bridgehead atoms. The number of carbonyl (C=O) groups excluding carboxylic acids is 2. The van der Waals surface area contributed by atoms with Crippen LogP contribution < -0.4 is 20.1 Å². The Morgan fingerprint density at radius 3 is 2.50 bits per heavy atom. The van der Waals surface area contributed by atoms with Gasteiger partial charge in [-0.1, -0.05) is 11.6 Å². The molecule has 0 aliphatic rings. The summed E-state index contributed by atoms with van der Waals surface area (Å²) in [6.07, 6.45) is 0. The first-order valence-electron chi connectivity index (χ1n) is 7.51. The van der Waals surface area contributed by atoms with E-state index in [1.165, 1.54) is 26.2 Å². The maximum atomic E-state index is 12.1.